The van der Waals surface area contributed by atoms with Gasteiger partial charge < -0.3 is 9.84 Å². The molecule has 132 valence electrons. The van der Waals surface area contributed by atoms with Crippen molar-refractivity contribution >= 4 is 28.1 Å². The average molecular weight is 405 g/mol. The van der Waals surface area contributed by atoms with Crippen LogP contribution in [0.1, 0.15) is 37.0 Å². The molecular formula is C19H21BrN2O3. The zero-order valence-corrected chi connectivity index (χ0v) is 15.6. The molecule has 0 aliphatic heterocycles. The van der Waals surface area contributed by atoms with Crippen molar-refractivity contribution in [2.45, 2.75) is 25.9 Å². The minimum atomic E-state index is -0.699. The molecule has 6 heteroatoms. The van der Waals surface area contributed by atoms with Crippen LogP contribution in [-0.4, -0.2) is 23.8 Å². The highest BCUT2D eigenvalue weighted by molar-refractivity contribution is 9.10. The van der Waals surface area contributed by atoms with Crippen LogP contribution in [0.3, 0.4) is 0 Å². The first kappa shape index (κ1) is 19.1. The van der Waals surface area contributed by atoms with Crippen LogP contribution in [0.15, 0.2) is 58.1 Å². The number of aliphatic hydroxyl groups excluding tert-OH is 1. The summed E-state index contributed by atoms with van der Waals surface area (Å²) in [6.07, 6.45) is 1.39. The Bertz CT molecular complexity index is 717. The fourth-order valence-electron chi connectivity index (χ4n) is 2.21. The van der Waals surface area contributed by atoms with E-state index in [-0.39, 0.29) is 12.3 Å². The molecule has 2 rings (SSSR count). The summed E-state index contributed by atoms with van der Waals surface area (Å²) in [5.41, 5.74) is 4.10. The van der Waals surface area contributed by atoms with Crippen molar-refractivity contribution in [3.05, 3.63) is 64.1 Å². The van der Waals surface area contributed by atoms with E-state index in [1.165, 1.54) is 0 Å². The molecular weight excluding hydrogens is 384 g/mol. The first-order chi connectivity index (χ1) is 12.1. The van der Waals surface area contributed by atoms with E-state index < -0.39 is 6.10 Å². The number of nitrogens with zero attached hydrogens (tertiary/aromatic N) is 1. The summed E-state index contributed by atoms with van der Waals surface area (Å²) in [4.78, 5) is 11.8. The highest BCUT2D eigenvalue weighted by atomic mass is 79.9. The largest absolute Gasteiger partial charge is 0.494 e. The van der Waals surface area contributed by atoms with Gasteiger partial charge in [-0.1, -0.05) is 40.2 Å². The van der Waals surface area contributed by atoms with Crippen LogP contribution in [0, 0.1) is 0 Å². The van der Waals surface area contributed by atoms with E-state index in [1.54, 1.807) is 18.3 Å². The number of hydrogen-bond donors (Lipinski definition) is 2. The number of benzene rings is 2. The molecule has 1 unspecified atom stereocenters. The lowest BCUT2D eigenvalue weighted by Crippen LogP contribution is -2.18. The van der Waals surface area contributed by atoms with E-state index in [4.69, 9.17) is 4.74 Å². The van der Waals surface area contributed by atoms with Gasteiger partial charge >= 0.3 is 0 Å². The third-order valence-electron chi connectivity index (χ3n) is 3.47. The number of carbonyl (C=O) groups excluding carboxylic acids is 1. The van der Waals surface area contributed by atoms with Gasteiger partial charge in [0.25, 0.3) is 0 Å². The van der Waals surface area contributed by atoms with E-state index in [0.717, 1.165) is 21.3 Å². The van der Waals surface area contributed by atoms with Gasteiger partial charge in [-0.15, -0.1) is 0 Å². The van der Waals surface area contributed by atoms with Crippen LogP contribution in [0.5, 0.6) is 5.75 Å². The Morgan fingerprint density at radius 1 is 1.32 bits per heavy atom. The molecule has 2 aromatic carbocycles. The Morgan fingerprint density at radius 3 is 2.76 bits per heavy atom. The van der Waals surface area contributed by atoms with E-state index >= 15 is 0 Å². The second-order valence-corrected chi connectivity index (χ2v) is 6.32. The molecule has 1 amide bonds. The molecule has 0 saturated carbocycles. The average Bonchev–Trinajstić information content (AvgIpc) is 2.61. The summed E-state index contributed by atoms with van der Waals surface area (Å²) in [6, 6.07) is 14.8. The third-order valence-corrected chi connectivity index (χ3v) is 3.97. The minimum absolute atomic E-state index is 0.185. The summed E-state index contributed by atoms with van der Waals surface area (Å²) < 4.78 is 6.31. The van der Waals surface area contributed by atoms with Crippen LogP contribution < -0.4 is 10.2 Å². The lowest BCUT2D eigenvalue weighted by Gasteiger charge is -2.11. The van der Waals surface area contributed by atoms with Gasteiger partial charge in [0, 0.05) is 10.9 Å². The minimum Gasteiger partial charge on any atom is -0.494 e. The number of halogens is 1. The number of carbonyl (C=O) groups is 1. The predicted octanol–water partition coefficient (Wildman–Crippen LogP) is 3.81. The van der Waals surface area contributed by atoms with Crippen molar-refractivity contribution in [1.29, 1.82) is 0 Å². The maximum Gasteiger partial charge on any atom is 0.240 e. The quantitative estimate of drug-likeness (QED) is 0.518. The molecule has 0 aliphatic carbocycles. The molecule has 0 spiro atoms. The highest BCUT2D eigenvalue weighted by Gasteiger charge is 2.10. The SMILES string of the molecule is CCOc1ccc(C(O)CCC(=O)N/N=C\c2cccc(Br)c2)cc1. The summed E-state index contributed by atoms with van der Waals surface area (Å²) >= 11 is 3.37. The van der Waals surface area contributed by atoms with Gasteiger partial charge in [0.05, 0.1) is 18.9 Å². The Morgan fingerprint density at radius 2 is 2.08 bits per heavy atom. The normalized spacial score (nSPS) is 12.1. The first-order valence-corrected chi connectivity index (χ1v) is 8.86. The number of hydrogen-bond acceptors (Lipinski definition) is 4. The van der Waals surface area contributed by atoms with Crippen LogP contribution >= 0.6 is 15.9 Å². The lowest BCUT2D eigenvalue weighted by atomic mass is 10.0. The van der Waals surface area contributed by atoms with Crippen LogP contribution in [0.2, 0.25) is 0 Å². The van der Waals surface area contributed by atoms with E-state index in [9.17, 15) is 9.90 Å². The number of ether oxygens (including phenoxy) is 1. The molecule has 0 fully saturated rings. The van der Waals surface area contributed by atoms with E-state index in [1.807, 2.05) is 43.3 Å². The zero-order chi connectivity index (χ0) is 18.1. The van der Waals surface area contributed by atoms with Crippen molar-refractivity contribution in [1.82, 2.24) is 5.43 Å². The van der Waals surface area contributed by atoms with Crippen molar-refractivity contribution in [3.8, 4) is 5.75 Å². The Labute approximate surface area is 155 Å². The summed E-state index contributed by atoms with van der Waals surface area (Å²) in [7, 11) is 0. The van der Waals surface area contributed by atoms with Gasteiger partial charge in [-0.05, 0) is 48.7 Å². The molecule has 25 heavy (non-hydrogen) atoms. The van der Waals surface area contributed by atoms with Gasteiger partial charge in [0.1, 0.15) is 5.75 Å². The van der Waals surface area contributed by atoms with Crippen LogP contribution in [0.25, 0.3) is 0 Å². The van der Waals surface area contributed by atoms with E-state index in [2.05, 4.69) is 26.5 Å². The maximum absolute atomic E-state index is 11.8. The zero-order valence-electron chi connectivity index (χ0n) is 14.0. The second-order valence-electron chi connectivity index (χ2n) is 5.40. The van der Waals surface area contributed by atoms with Crippen molar-refractivity contribution in [3.63, 3.8) is 0 Å². The number of rotatable bonds is 8. The highest BCUT2D eigenvalue weighted by Crippen LogP contribution is 2.21. The third kappa shape index (κ3) is 6.68. The number of amides is 1. The van der Waals surface area contributed by atoms with Gasteiger partial charge in [0.2, 0.25) is 5.91 Å². The van der Waals surface area contributed by atoms with E-state index in [0.29, 0.717) is 13.0 Å². The van der Waals surface area contributed by atoms with Crippen molar-refractivity contribution < 1.29 is 14.6 Å². The van der Waals surface area contributed by atoms with Gasteiger partial charge in [-0.3, -0.25) is 4.79 Å². The molecule has 0 heterocycles. The predicted molar refractivity (Wildman–Crippen MR) is 102 cm³/mol. The van der Waals surface area contributed by atoms with Crippen molar-refractivity contribution in [2.75, 3.05) is 6.61 Å². The molecule has 5 nitrogen and oxygen atoms in total. The van der Waals surface area contributed by atoms with Crippen LogP contribution in [0.4, 0.5) is 0 Å². The number of hydrazone groups is 1. The Balaban J connectivity index is 1.77. The van der Waals surface area contributed by atoms with Gasteiger partial charge in [-0.25, -0.2) is 5.43 Å². The molecule has 0 aromatic heterocycles. The topological polar surface area (TPSA) is 70.9 Å². The summed E-state index contributed by atoms with van der Waals surface area (Å²) in [5, 5.41) is 14.1. The standard InChI is InChI=1S/C19H21BrN2O3/c1-2-25-17-8-6-15(7-9-17)18(23)10-11-19(24)22-21-13-14-4-3-5-16(20)12-14/h3-9,12-13,18,23H,2,10-11H2,1H3,(H,22,24)/b21-13-. The Hall–Kier alpha value is -2.18. The molecule has 0 bridgehead atoms. The van der Waals surface area contributed by atoms with Crippen molar-refractivity contribution in [2.24, 2.45) is 5.10 Å². The lowest BCUT2D eigenvalue weighted by molar-refractivity contribution is -0.121. The monoisotopic (exact) mass is 404 g/mol. The van der Waals surface area contributed by atoms with Gasteiger partial charge in [0.15, 0.2) is 0 Å². The summed E-state index contributed by atoms with van der Waals surface area (Å²) in [6.45, 7) is 2.52. The maximum atomic E-state index is 11.8. The fraction of sp³-hybridized carbons (Fsp3) is 0.263. The van der Waals surface area contributed by atoms with Crippen LogP contribution in [-0.2, 0) is 4.79 Å². The summed E-state index contributed by atoms with van der Waals surface area (Å²) in [5.74, 6) is 0.523. The second kappa shape index (κ2) is 9.96. The molecule has 2 aromatic rings. The Kier molecular flexibility index (Phi) is 7.63. The molecule has 0 radical (unpaired) electrons. The first-order valence-electron chi connectivity index (χ1n) is 8.06. The smallest absolute Gasteiger partial charge is 0.240 e. The number of nitrogens with one attached hydrogen (secondary N) is 1. The molecule has 2 N–H and O–H groups in total. The molecule has 0 saturated heterocycles. The fourth-order valence-corrected chi connectivity index (χ4v) is 2.63. The van der Waals surface area contributed by atoms with Gasteiger partial charge in [-0.2, -0.15) is 5.10 Å². The number of aliphatic hydroxyl groups is 1. The molecule has 0 aliphatic rings. The molecule has 1 atom stereocenters.